The summed E-state index contributed by atoms with van der Waals surface area (Å²) in [5.74, 6) is 0. The fourth-order valence-corrected chi connectivity index (χ4v) is 1.66. The van der Waals surface area contributed by atoms with Gasteiger partial charge in [-0.3, -0.25) is 0 Å². The smallest absolute Gasteiger partial charge is 0.111 e. The molecule has 11 heteroatoms. The van der Waals surface area contributed by atoms with Gasteiger partial charge in [0.05, 0.1) is 7.17 Å². The normalized spacial score (nSPS) is 35.6. The van der Waals surface area contributed by atoms with Gasteiger partial charge in [0.1, 0.15) is 7.28 Å². The van der Waals surface area contributed by atoms with Gasteiger partial charge in [-0.2, -0.15) is 12.6 Å². The molecule has 2 atom stereocenters. The predicted molar refractivity (Wildman–Crippen MR) is 73.0 cm³/mol. The Balaban J connectivity index is 1.79. The summed E-state index contributed by atoms with van der Waals surface area (Å²) in [5, 5.41) is 0. The Morgan fingerprint density at radius 3 is 2.23 bits per heavy atom. The van der Waals surface area contributed by atoms with E-state index in [4.69, 9.17) is 0 Å². The maximum Gasteiger partial charge on any atom is 0.111 e. The van der Waals surface area contributed by atoms with E-state index in [0.717, 1.165) is 0 Å². The van der Waals surface area contributed by atoms with E-state index in [1.54, 1.807) is 0 Å². The topological polar surface area (TPSA) is 0 Å². The van der Waals surface area contributed by atoms with Crippen molar-refractivity contribution in [1.29, 1.82) is 0 Å². The van der Waals surface area contributed by atoms with E-state index in [9.17, 15) is 0 Å². The van der Waals surface area contributed by atoms with E-state index in [1.165, 1.54) is 0 Å². The van der Waals surface area contributed by atoms with Crippen LogP contribution in [-0.4, -0.2) is 75.6 Å². The van der Waals surface area contributed by atoms with Crippen molar-refractivity contribution < 1.29 is 0 Å². The summed E-state index contributed by atoms with van der Waals surface area (Å²) in [6, 6.07) is 0. The highest BCUT2D eigenvalue weighted by Crippen LogP contribution is 2.43. The molecule has 0 nitrogen and oxygen atoms in total. The lowest BCUT2D eigenvalue weighted by atomic mass is 8.89. The van der Waals surface area contributed by atoms with Gasteiger partial charge in [0.2, 0.25) is 0 Å². The number of hydrogen-bond acceptors (Lipinski definition) is 1. The highest BCUT2D eigenvalue weighted by atomic mass is 32.1. The van der Waals surface area contributed by atoms with Crippen molar-refractivity contribution in [3.63, 3.8) is 0 Å². The molecule has 0 N–H and O–H groups in total. The van der Waals surface area contributed by atoms with Crippen LogP contribution in [0.25, 0.3) is 0 Å². The molecule has 2 heterocycles. The largest absolute Gasteiger partial charge is 0.192 e. The lowest BCUT2D eigenvalue weighted by molar-refractivity contribution is 1.39. The first-order chi connectivity index (χ1) is 6.31. The van der Waals surface area contributed by atoms with Crippen LogP contribution >= 0.6 is 12.6 Å². The fraction of sp³-hybridized carbons (Fsp3) is 1.00. The van der Waals surface area contributed by atoms with Gasteiger partial charge in [-0.05, 0) is 0 Å². The van der Waals surface area contributed by atoms with Crippen molar-refractivity contribution in [2.24, 2.45) is 0 Å². The molecule has 0 spiro atoms. The van der Waals surface area contributed by atoms with E-state index >= 15 is 0 Å². The molecule has 0 aromatic carbocycles. The summed E-state index contributed by atoms with van der Waals surface area (Å²) in [7, 11) is 20.8. The van der Waals surface area contributed by atoms with Crippen molar-refractivity contribution in [3.05, 3.63) is 0 Å². The minimum Gasteiger partial charge on any atom is -0.192 e. The quantitative estimate of drug-likeness (QED) is 0.283. The van der Waals surface area contributed by atoms with Crippen LogP contribution in [0.2, 0.25) is 5.72 Å². The van der Waals surface area contributed by atoms with Gasteiger partial charge >= 0.3 is 0 Å². The third-order valence-electron chi connectivity index (χ3n) is 2.22. The molecule has 2 rings (SSSR count). The average Bonchev–Trinajstić information content (AvgIpc) is 2.73. The minimum atomic E-state index is -0.000972. The lowest BCUT2D eigenvalue weighted by Crippen LogP contribution is -2.32. The molecule has 0 aromatic heterocycles. The molecule has 10 radical (unpaired) electrons. The van der Waals surface area contributed by atoms with Crippen molar-refractivity contribution in [1.82, 2.24) is 0 Å². The molecule has 46 valence electrons. The molecule has 2 saturated heterocycles. The third-order valence-corrected chi connectivity index (χ3v) is 2.82. The summed E-state index contributed by atoms with van der Waals surface area (Å²) in [6.07, 6.45) is 0. The molecule has 0 bridgehead atoms. The second-order valence-corrected chi connectivity index (χ2v) is 4.06. The van der Waals surface area contributed by atoms with E-state index in [-0.39, 0.29) is 4.55 Å². The molecule has 0 aromatic rings. The molecule has 0 amide bonds. The number of thiol groups is 1. The zero-order valence-corrected chi connectivity index (χ0v) is 8.19. The highest BCUT2D eigenvalue weighted by Gasteiger charge is 2.49. The van der Waals surface area contributed by atoms with Crippen molar-refractivity contribution in [2.45, 2.75) is 10.3 Å². The second-order valence-electron chi connectivity index (χ2n) is 3.29. The van der Waals surface area contributed by atoms with Gasteiger partial charge in [0.15, 0.2) is 0 Å². The molecular weight excluding hydrogens is 164 g/mol. The summed E-state index contributed by atoms with van der Waals surface area (Å²) < 4.78 is -0.000972. The summed E-state index contributed by atoms with van der Waals surface area (Å²) in [6.45, 7) is 0. The molecule has 2 aliphatic rings. The van der Waals surface area contributed by atoms with Crippen LogP contribution in [0.15, 0.2) is 0 Å². The Bertz CT molecular complexity index is 174. The second kappa shape index (κ2) is 4.68. The van der Waals surface area contributed by atoms with Crippen LogP contribution in [0.1, 0.15) is 0 Å². The molecule has 0 aliphatic carbocycles. The van der Waals surface area contributed by atoms with E-state index < -0.39 is 0 Å². The summed E-state index contributed by atoms with van der Waals surface area (Å²) in [4.78, 5) is 0. The molecule has 2 aliphatic heterocycles. The van der Waals surface area contributed by atoms with Crippen LogP contribution in [0, 0.1) is 0 Å². The van der Waals surface area contributed by atoms with Gasteiger partial charge in [-0.1, -0.05) is 4.55 Å². The van der Waals surface area contributed by atoms with Gasteiger partial charge in [-0.15, -0.1) is 5.72 Å². The zero-order chi connectivity index (χ0) is 9.15. The van der Waals surface area contributed by atoms with Gasteiger partial charge < -0.3 is 0 Å². The van der Waals surface area contributed by atoms with Gasteiger partial charge in [0.25, 0.3) is 0 Å². The van der Waals surface area contributed by atoms with E-state index in [0.29, 0.717) is 5.72 Å². The molecule has 2 fully saturated rings. The van der Waals surface area contributed by atoms with Crippen LogP contribution in [0.4, 0.5) is 0 Å². The SMILES string of the molecule is S[C@]12[B][B][B][B][B][B][B][B][B][C@H]1[B]2. The summed E-state index contributed by atoms with van der Waals surface area (Å²) >= 11 is 4.57. The third kappa shape index (κ3) is 2.97. The maximum atomic E-state index is 4.57. The minimum absolute atomic E-state index is 0.000972. The average molecular weight is 166 g/mol. The molecule has 0 saturated carbocycles. The van der Waals surface area contributed by atoms with Gasteiger partial charge in [0, 0.05) is 56.6 Å². The van der Waals surface area contributed by atoms with E-state index in [1.807, 2.05) is 42.4 Å². The Morgan fingerprint density at radius 2 is 1.46 bits per heavy atom. The number of fused-ring (bicyclic) bond motifs is 1. The first-order valence-corrected chi connectivity index (χ1v) is 4.87. The van der Waals surface area contributed by atoms with Crippen LogP contribution in [0.5, 0.6) is 0 Å². The molecule has 13 heavy (non-hydrogen) atoms. The van der Waals surface area contributed by atoms with Gasteiger partial charge in [-0.25, -0.2) is 0 Å². The highest BCUT2D eigenvalue weighted by molar-refractivity contribution is 7.89. The first kappa shape index (κ1) is 10.5. The Kier molecular flexibility index (Phi) is 3.79. The standard InChI is InChI=1S/C2H2B10S/c13-2-1(3-2)4-6-8-10-12-11-9-7-5-2/h1,13H/t1-,2-/m1/s1. The first-order valence-electron chi connectivity index (χ1n) is 4.42. The Morgan fingerprint density at radius 1 is 0.846 bits per heavy atom. The van der Waals surface area contributed by atoms with Crippen molar-refractivity contribution >= 4 is 83.7 Å². The zero-order valence-electron chi connectivity index (χ0n) is 7.30. The number of hydrogen-bond donors (Lipinski definition) is 1. The number of rotatable bonds is 0. The molecular formula is C2H2B10S. The lowest BCUT2D eigenvalue weighted by Gasteiger charge is -2.08. The Labute approximate surface area is 94.0 Å². The summed E-state index contributed by atoms with van der Waals surface area (Å²) in [5.41, 5.74) is 0.489. The van der Waals surface area contributed by atoms with Crippen LogP contribution < -0.4 is 0 Å². The van der Waals surface area contributed by atoms with Crippen molar-refractivity contribution in [3.8, 4) is 0 Å². The fourth-order valence-electron chi connectivity index (χ4n) is 1.33. The molecule has 0 unspecified atom stereocenters. The maximum absolute atomic E-state index is 4.57. The monoisotopic (exact) mass is 168 g/mol. The van der Waals surface area contributed by atoms with E-state index in [2.05, 4.69) is 41.3 Å². The van der Waals surface area contributed by atoms with Crippen molar-refractivity contribution in [2.75, 3.05) is 0 Å². The Hall–Kier alpha value is 0.999. The van der Waals surface area contributed by atoms with Crippen LogP contribution in [-0.2, 0) is 0 Å². The predicted octanol–water partition coefficient (Wildman–Crippen LogP) is -3.29. The van der Waals surface area contributed by atoms with Crippen LogP contribution in [0.3, 0.4) is 0 Å².